The van der Waals surface area contributed by atoms with Gasteiger partial charge >= 0.3 is 11.7 Å². The number of aromatic amines is 1. The Morgan fingerprint density at radius 2 is 2.35 bits per heavy atom. The molecule has 0 saturated carbocycles. The Labute approximate surface area is 131 Å². The molecular formula is C13H14BN3O6. The number of nitrogens with zero attached hydrogens (tertiary/aromatic N) is 1. The number of nitrogens with one attached hydrogen (secondary N) is 1. The van der Waals surface area contributed by atoms with Gasteiger partial charge in [0, 0.05) is 6.20 Å². The van der Waals surface area contributed by atoms with Crippen LogP contribution in [0.4, 0.5) is 0 Å². The maximum atomic E-state index is 11.8. The molecule has 120 valence electrons. The summed E-state index contributed by atoms with van der Waals surface area (Å²) in [5.41, 5.74) is 1.24. The molecule has 0 aliphatic carbocycles. The molecule has 1 fully saturated rings. The van der Waals surface area contributed by atoms with E-state index in [1.807, 2.05) is 0 Å². The summed E-state index contributed by atoms with van der Waals surface area (Å²) in [4.78, 5) is 36.5. The number of aliphatic hydroxyl groups is 1. The molecule has 2 radical (unpaired) electrons. The molecule has 1 saturated heterocycles. The molecule has 1 aliphatic rings. The molecule has 3 unspecified atom stereocenters. The smallest absolute Gasteiger partial charge is 0.330 e. The minimum atomic E-state index is -2.38. The first-order valence-electron chi connectivity index (χ1n) is 6.69. The molecule has 23 heavy (non-hydrogen) atoms. The first-order chi connectivity index (χ1) is 10.8. The van der Waals surface area contributed by atoms with Crippen molar-refractivity contribution in [3.8, 4) is 12.3 Å². The number of esters is 1. The lowest BCUT2D eigenvalue weighted by Crippen LogP contribution is -2.48. The first kappa shape index (κ1) is 17.0. The van der Waals surface area contributed by atoms with Gasteiger partial charge < -0.3 is 20.3 Å². The Kier molecular flexibility index (Phi) is 4.75. The molecule has 0 spiro atoms. The highest BCUT2D eigenvalue weighted by Gasteiger charge is 2.42. The molecule has 1 aromatic rings. The van der Waals surface area contributed by atoms with E-state index >= 15 is 0 Å². The van der Waals surface area contributed by atoms with Crippen molar-refractivity contribution in [2.75, 3.05) is 6.54 Å². The number of terminal acetylenes is 1. The van der Waals surface area contributed by atoms with Crippen molar-refractivity contribution in [2.24, 2.45) is 5.73 Å². The third-order valence-corrected chi connectivity index (χ3v) is 3.34. The third kappa shape index (κ3) is 3.53. The summed E-state index contributed by atoms with van der Waals surface area (Å²) in [6, 6.07) is 0. The quantitative estimate of drug-likeness (QED) is 0.242. The fourth-order valence-corrected chi connectivity index (χ4v) is 2.22. The van der Waals surface area contributed by atoms with Gasteiger partial charge in [-0.25, -0.2) is 4.79 Å². The third-order valence-electron chi connectivity index (χ3n) is 3.34. The van der Waals surface area contributed by atoms with Gasteiger partial charge in [-0.1, -0.05) is 5.92 Å². The van der Waals surface area contributed by atoms with E-state index in [0.717, 1.165) is 4.57 Å². The van der Waals surface area contributed by atoms with Crippen molar-refractivity contribution in [1.82, 2.24) is 9.55 Å². The van der Waals surface area contributed by atoms with Crippen LogP contribution in [0.5, 0.6) is 0 Å². The van der Waals surface area contributed by atoms with E-state index < -0.39 is 41.8 Å². The Balaban J connectivity index is 2.21. The van der Waals surface area contributed by atoms with E-state index in [2.05, 4.69) is 15.6 Å². The summed E-state index contributed by atoms with van der Waals surface area (Å²) in [6.45, 7) is -0.458. The number of aromatic nitrogens is 2. The van der Waals surface area contributed by atoms with E-state index in [0.29, 0.717) is 0 Å². The van der Waals surface area contributed by atoms with Crippen molar-refractivity contribution in [2.45, 2.75) is 30.9 Å². The average Bonchev–Trinajstić information content (AvgIpc) is 2.97. The Hall–Kier alpha value is -2.35. The second kappa shape index (κ2) is 6.41. The number of carbonyl (C=O) groups excluding carboxylic acids is 1. The summed E-state index contributed by atoms with van der Waals surface area (Å²) >= 11 is 0. The molecular weight excluding hydrogens is 305 g/mol. The Morgan fingerprint density at radius 1 is 1.65 bits per heavy atom. The van der Waals surface area contributed by atoms with Crippen molar-refractivity contribution in [1.29, 1.82) is 0 Å². The molecule has 0 aromatic carbocycles. The summed E-state index contributed by atoms with van der Waals surface area (Å²) in [5, 5.41) is 9.97. The minimum absolute atomic E-state index is 0.0470. The number of H-pyrrole nitrogens is 1. The maximum absolute atomic E-state index is 11.8. The summed E-state index contributed by atoms with van der Waals surface area (Å²) in [7, 11) is 5.51. The Bertz CT molecular complexity index is 762. The molecule has 3 atom stereocenters. The first-order valence-corrected chi connectivity index (χ1v) is 6.69. The van der Waals surface area contributed by atoms with Crippen LogP contribution >= 0.6 is 0 Å². The van der Waals surface area contributed by atoms with Gasteiger partial charge in [0.1, 0.15) is 17.9 Å². The summed E-state index contributed by atoms with van der Waals surface area (Å²) in [5.74, 6) is 1.24. The fraction of sp³-hybridized carbons (Fsp3) is 0.462. The highest BCUT2D eigenvalue weighted by molar-refractivity contribution is 6.14. The van der Waals surface area contributed by atoms with Gasteiger partial charge in [-0.05, 0) is 12.8 Å². The molecule has 10 heteroatoms. The molecule has 4 N–H and O–H groups in total. The van der Waals surface area contributed by atoms with E-state index in [1.54, 1.807) is 0 Å². The second-order valence-corrected chi connectivity index (χ2v) is 4.94. The highest BCUT2D eigenvalue weighted by atomic mass is 16.7. The molecule has 2 rings (SSSR count). The highest BCUT2D eigenvalue weighted by Crippen LogP contribution is 2.32. The zero-order chi connectivity index (χ0) is 17.2. The van der Waals surface area contributed by atoms with Crippen LogP contribution < -0.4 is 17.0 Å². The van der Waals surface area contributed by atoms with Crippen LogP contribution in [0, 0.1) is 12.3 Å². The van der Waals surface area contributed by atoms with E-state index in [9.17, 15) is 19.5 Å². The van der Waals surface area contributed by atoms with Gasteiger partial charge in [-0.15, -0.1) is 6.42 Å². The van der Waals surface area contributed by atoms with Crippen molar-refractivity contribution in [3.63, 3.8) is 0 Å². The topological polar surface area (TPSA) is 137 Å². The SMILES string of the molecule is [B]C(O)(OC(=O)CN)C1CCC(n2cc(C#C)c(=O)[nH]c2=O)O1. The molecule has 0 amide bonds. The second-order valence-electron chi connectivity index (χ2n) is 4.94. The summed E-state index contributed by atoms with van der Waals surface area (Å²) < 4.78 is 11.2. The fourth-order valence-electron chi connectivity index (χ4n) is 2.22. The molecule has 0 bridgehead atoms. The zero-order valence-electron chi connectivity index (χ0n) is 12.0. The Morgan fingerprint density at radius 3 is 2.96 bits per heavy atom. The van der Waals surface area contributed by atoms with Crippen LogP contribution in [-0.4, -0.2) is 46.8 Å². The van der Waals surface area contributed by atoms with Crippen molar-refractivity contribution in [3.05, 3.63) is 32.6 Å². The average molecular weight is 319 g/mol. The number of rotatable bonds is 4. The lowest BCUT2D eigenvalue weighted by atomic mass is 9.87. The predicted octanol–water partition coefficient (Wildman–Crippen LogP) is -2.49. The number of hydrogen-bond acceptors (Lipinski definition) is 7. The van der Waals surface area contributed by atoms with Crippen molar-refractivity contribution >= 4 is 13.8 Å². The zero-order valence-corrected chi connectivity index (χ0v) is 12.0. The van der Waals surface area contributed by atoms with Gasteiger partial charge in [0.05, 0.1) is 6.54 Å². The predicted molar refractivity (Wildman–Crippen MR) is 78.3 cm³/mol. The largest absolute Gasteiger partial charge is 0.440 e. The number of hydrogen-bond donors (Lipinski definition) is 3. The summed E-state index contributed by atoms with van der Waals surface area (Å²) in [6.07, 6.45) is 4.93. The molecule has 1 aromatic heterocycles. The monoisotopic (exact) mass is 319 g/mol. The normalized spacial score (nSPS) is 23.0. The van der Waals surface area contributed by atoms with Crippen LogP contribution in [-0.2, 0) is 14.3 Å². The van der Waals surface area contributed by atoms with Crippen LogP contribution in [0.2, 0.25) is 0 Å². The van der Waals surface area contributed by atoms with Crippen LogP contribution in [0.1, 0.15) is 24.6 Å². The van der Waals surface area contributed by atoms with Crippen molar-refractivity contribution < 1.29 is 19.4 Å². The van der Waals surface area contributed by atoms with Gasteiger partial charge in [-0.2, -0.15) is 0 Å². The lowest BCUT2D eigenvalue weighted by molar-refractivity contribution is -0.214. The van der Waals surface area contributed by atoms with Gasteiger partial charge in [-0.3, -0.25) is 19.1 Å². The maximum Gasteiger partial charge on any atom is 0.330 e. The standard InChI is InChI=1S/C13H14BN3O6/c1-2-7-6-17(12(20)16-11(7)19)9-4-3-8(22-9)13(14,21)23-10(18)5-15/h1,6,8-9,21H,3-5,15H2,(H,16,19,20). The molecule has 9 nitrogen and oxygen atoms in total. The van der Waals surface area contributed by atoms with Gasteiger partial charge in [0.2, 0.25) is 0 Å². The number of carbonyl (C=O) groups is 1. The van der Waals surface area contributed by atoms with E-state index in [-0.39, 0.29) is 18.4 Å². The van der Waals surface area contributed by atoms with Crippen LogP contribution in [0.15, 0.2) is 15.8 Å². The minimum Gasteiger partial charge on any atom is -0.440 e. The lowest BCUT2D eigenvalue weighted by Gasteiger charge is -2.30. The van der Waals surface area contributed by atoms with Crippen LogP contribution in [0.3, 0.4) is 0 Å². The van der Waals surface area contributed by atoms with Gasteiger partial charge in [0.25, 0.3) is 5.56 Å². The molecule has 1 aliphatic heterocycles. The van der Waals surface area contributed by atoms with E-state index in [4.69, 9.17) is 24.7 Å². The van der Waals surface area contributed by atoms with E-state index in [1.165, 1.54) is 6.20 Å². The molecule has 2 heterocycles. The number of ether oxygens (including phenoxy) is 2. The van der Waals surface area contributed by atoms with Crippen LogP contribution in [0.25, 0.3) is 0 Å². The van der Waals surface area contributed by atoms with Gasteiger partial charge in [0.15, 0.2) is 13.5 Å². The number of nitrogens with two attached hydrogens (primary N) is 1.